The predicted octanol–water partition coefficient (Wildman–Crippen LogP) is 6.38. The SMILES string of the molecule is CCCN(CC(=O)Nc1cc(C(C)(C)C)nn1-c1ccc(Cl)c(Cl)c1)C(=O)Nc1ccc(OC)cc1OC. The van der Waals surface area contributed by atoms with Gasteiger partial charge in [-0.2, -0.15) is 5.10 Å². The lowest BCUT2D eigenvalue weighted by atomic mass is 9.92. The first-order chi connectivity index (χ1) is 18.0. The summed E-state index contributed by atoms with van der Waals surface area (Å²) in [6, 6.07) is 11.6. The van der Waals surface area contributed by atoms with Gasteiger partial charge < -0.3 is 25.0 Å². The minimum Gasteiger partial charge on any atom is -0.497 e. The lowest BCUT2D eigenvalue weighted by molar-refractivity contribution is -0.116. The normalized spacial score (nSPS) is 11.2. The number of hydrogen-bond acceptors (Lipinski definition) is 5. The van der Waals surface area contributed by atoms with Crippen LogP contribution in [0.25, 0.3) is 5.69 Å². The molecule has 0 fully saturated rings. The van der Waals surface area contributed by atoms with Crippen molar-refractivity contribution in [1.82, 2.24) is 14.7 Å². The number of carbonyl (C=O) groups excluding carboxylic acids is 2. The van der Waals surface area contributed by atoms with E-state index in [4.69, 9.17) is 37.8 Å². The molecule has 3 aromatic rings. The van der Waals surface area contributed by atoms with E-state index in [-0.39, 0.29) is 17.9 Å². The molecule has 0 spiro atoms. The van der Waals surface area contributed by atoms with E-state index in [9.17, 15) is 9.59 Å². The Kier molecular flexibility index (Phi) is 9.51. The summed E-state index contributed by atoms with van der Waals surface area (Å²) in [6.07, 6.45) is 0.663. The maximum Gasteiger partial charge on any atom is 0.322 e. The molecule has 0 saturated carbocycles. The highest BCUT2D eigenvalue weighted by Gasteiger charge is 2.23. The van der Waals surface area contributed by atoms with Gasteiger partial charge in [0.1, 0.15) is 23.9 Å². The molecular formula is C27H33Cl2N5O4. The van der Waals surface area contributed by atoms with Crippen LogP contribution in [-0.4, -0.2) is 53.9 Å². The summed E-state index contributed by atoms with van der Waals surface area (Å²) in [5, 5.41) is 11.2. The van der Waals surface area contributed by atoms with E-state index in [1.54, 1.807) is 48.2 Å². The number of ether oxygens (including phenoxy) is 2. The molecule has 0 aliphatic rings. The number of nitrogens with one attached hydrogen (secondary N) is 2. The van der Waals surface area contributed by atoms with Gasteiger partial charge in [-0.1, -0.05) is 50.9 Å². The number of amides is 3. The molecule has 0 bridgehead atoms. The monoisotopic (exact) mass is 561 g/mol. The van der Waals surface area contributed by atoms with Crippen LogP contribution in [0.5, 0.6) is 11.5 Å². The van der Waals surface area contributed by atoms with Gasteiger partial charge in [0.15, 0.2) is 0 Å². The van der Waals surface area contributed by atoms with E-state index in [2.05, 4.69) is 10.6 Å². The molecule has 2 N–H and O–H groups in total. The van der Waals surface area contributed by atoms with Crippen molar-refractivity contribution < 1.29 is 19.1 Å². The first kappa shape index (κ1) is 29.1. The molecule has 9 nitrogen and oxygen atoms in total. The number of nitrogens with zero attached hydrogens (tertiary/aromatic N) is 3. The summed E-state index contributed by atoms with van der Waals surface area (Å²) in [5.74, 6) is 1.11. The molecule has 2 aromatic carbocycles. The van der Waals surface area contributed by atoms with Crippen molar-refractivity contribution in [3.63, 3.8) is 0 Å². The molecule has 0 radical (unpaired) electrons. The average Bonchev–Trinajstić information content (AvgIpc) is 3.29. The van der Waals surface area contributed by atoms with E-state index in [1.165, 1.54) is 12.0 Å². The van der Waals surface area contributed by atoms with Gasteiger partial charge in [0, 0.05) is 24.1 Å². The fourth-order valence-electron chi connectivity index (χ4n) is 3.62. The molecule has 38 heavy (non-hydrogen) atoms. The highest BCUT2D eigenvalue weighted by molar-refractivity contribution is 6.42. The van der Waals surface area contributed by atoms with E-state index in [0.29, 0.717) is 51.7 Å². The molecule has 0 aliphatic carbocycles. The molecule has 204 valence electrons. The molecule has 11 heteroatoms. The number of urea groups is 1. The zero-order valence-corrected chi connectivity index (χ0v) is 23.9. The molecule has 3 amide bonds. The van der Waals surface area contributed by atoms with Gasteiger partial charge in [-0.05, 0) is 36.8 Å². The van der Waals surface area contributed by atoms with Crippen molar-refractivity contribution in [3.8, 4) is 17.2 Å². The zero-order valence-electron chi connectivity index (χ0n) is 22.4. The van der Waals surface area contributed by atoms with Crippen LogP contribution in [0.4, 0.5) is 16.3 Å². The van der Waals surface area contributed by atoms with Crippen molar-refractivity contribution in [3.05, 3.63) is 58.2 Å². The van der Waals surface area contributed by atoms with Crippen molar-refractivity contribution in [2.45, 2.75) is 39.5 Å². The minimum absolute atomic E-state index is 0.171. The molecule has 0 atom stereocenters. The van der Waals surface area contributed by atoms with E-state index >= 15 is 0 Å². The Bertz CT molecular complexity index is 1300. The standard InChI is InChI=1S/C27H33Cl2N5O4/c1-7-12-33(26(36)30-21-11-9-18(37-5)14-22(21)38-6)16-25(35)31-24-15-23(27(2,3)4)32-34(24)17-8-10-19(28)20(29)13-17/h8-11,13-15H,7,12,16H2,1-6H3,(H,30,36)(H,31,35). The fourth-order valence-corrected chi connectivity index (χ4v) is 3.92. The highest BCUT2D eigenvalue weighted by Crippen LogP contribution is 2.31. The van der Waals surface area contributed by atoms with E-state index in [1.807, 2.05) is 33.8 Å². The lowest BCUT2D eigenvalue weighted by Crippen LogP contribution is -2.41. The van der Waals surface area contributed by atoms with Crippen LogP contribution in [0.1, 0.15) is 39.8 Å². The van der Waals surface area contributed by atoms with Gasteiger partial charge in [-0.15, -0.1) is 0 Å². The number of benzene rings is 2. The maximum absolute atomic E-state index is 13.2. The summed E-state index contributed by atoms with van der Waals surface area (Å²) >= 11 is 12.3. The summed E-state index contributed by atoms with van der Waals surface area (Å²) in [7, 11) is 3.05. The Balaban J connectivity index is 1.82. The third-order valence-electron chi connectivity index (χ3n) is 5.66. The summed E-state index contributed by atoms with van der Waals surface area (Å²) in [4.78, 5) is 27.7. The van der Waals surface area contributed by atoms with Gasteiger partial charge in [-0.3, -0.25) is 4.79 Å². The maximum atomic E-state index is 13.2. The second-order valence-electron chi connectivity index (χ2n) is 9.64. The predicted molar refractivity (Wildman–Crippen MR) is 151 cm³/mol. The van der Waals surface area contributed by atoms with Crippen LogP contribution in [0.15, 0.2) is 42.5 Å². The Hall–Kier alpha value is -3.43. The number of aromatic nitrogens is 2. The summed E-state index contributed by atoms with van der Waals surface area (Å²) < 4.78 is 12.2. The minimum atomic E-state index is -0.432. The third kappa shape index (κ3) is 7.11. The molecular weight excluding hydrogens is 529 g/mol. The average molecular weight is 562 g/mol. The lowest BCUT2D eigenvalue weighted by Gasteiger charge is -2.23. The van der Waals surface area contributed by atoms with E-state index < -0.39 is 6.03 Å². The second kappa shape index (κ2) is 12.4. The van der Waals surface area contributed by atoms with Crippen LogP contribution in [-0.2, 0) is 10.2 Å². The smallest absolute Gasteiger partial charge is 0.322 e. The van der Waals surface area contributed by atoms with Crippen molar-refractivity contribution in [1.29, 1.82) is 0 Å². The van der Waals surface area contributed by atoms with Crippen LogP contribution < -0.4 is 20.1 Å². The van der Waals surface area contributed by atoms with Crippen molar-refractivity contribution in [2.24, 2.45) is 0 Å². The molecule has 0 unspecified atom stereocenters. The topological polar surface area (TPSA) is 97.7 Å². The van der Waals surface area contributed by atoms with Gasteiger partial charge in [-0.25, -0.2) is 9.48 Å². The second-order valence-corrected chi connectivity index (χ2v) is 10.5. The van der Waals surface area contributed by atoms with Gasteiger partial charge in [0.2, 0.25) is 5.91 Å². The number of methoxy groups -OCH3 is 2. The third-order valence-corrected chi connectivity index (χ3v) is 6.40. The van der Waals surface area contributed by atoms with Crippen LogP contribution in [0, 0.1) is 0 Å². The van der Waals surface area contributed by atoms with Gasteiger partial charge in [0.05, 0.1) is 41.3 Å². The van der Waals surface area contributed by atoms with Gasteiger partial charge >= 0.3 is 6.03 Å². The number of anilines is 2. The summed E-state index contributed by atoms with van der Waals surface area (Å²) in [6.45, 7) is 8.22. The number of rotatable bonds is 9. The largest absolute Gasteiger partial charge is 0.497 e. The fraction of sp³-hybridized carbons (Fsp3) is 0.370. The first-order valence-corrected chi connectivity index (χ1v) is 12.9. The van der Waals surface area contributed by atoms with Crippen molar-refractivity contribution in [2.75, 3.05) is 37.9 Å². The van der Waals surface area contributed by atoms with E-state index in [0.717, 1.165) is 5.69 Å². The number of halogens is 2. The Morgan fingerprint density at radius 3 is 2.34 bits per heavy atom. The quantitative estimate of drug-likeness (QED) is 0.316. The number of carbonyl (C=O) groups is 2. The van der Waals surface area contributed by atoms with Crippen LogP contribution >= 0.6 is 23.2 Å². The molecule has 0 saturated heterocycles. The highest BCUT2D eigenvalue weighted by atomic mass is 35.5. The number of hydrogen-bond donors (Lipinski definition) is 2. The Labute approximate surface area is 233 Å². The van der Waals surface area contributed by atoms with Crippen LogP contribution in [0.3, 0.4) is 0 Å². The molecule has 3 rings (SSSR count). The molecule has 0 aliphatic heterocycles. The zero-order chi connectivity index (χ0) is 28.0. The van der Waals surface area contributed by atoms with Gasteiger partial charge in [0.25, 0.3) is 0 Å². The summed E-state index contributed by atoms with van der Waals surface area (Å²) in [5.41, 5.74) is 1.60. The Morgan fingerprint density at radius 2 is 1.74 bits per heavy atom. The van der Waals surface area contributed by atoms with Crippen LogP contribution in [0.2, 0.25) is 10.0 Å². The van der Waals surface area contributed by atoms with Crippen molar-refractivity contribution >= 4 is 46.6 Å². The Morgan fingerprint density at radius 1 is 1.00 bits per heavy atom. The molecule has 1 aromatic heterocycles. The first-order valence-electron chi connectivity index (χ1n) is 12.1. The molecule has 1 heterocycles.